The van der Waals surface area contributed by atoms with Crippen molar-refractivity contribution in [1.82, 2.24) is 15.8 Å². The van der Waals surface area contributed by atoms with Crippen LogP contribution in [-0.4, -0.2) is 35.8 Å². The molecule has 8 heteroatoms. The Morgan fingerprint density at radius 1 is 1.48 bits per heavy atom. The van der Waals surface area contributed by atoms with Crippen molar-refractivity contribution in [2.75, 3.05) is 19.4 Å². The minimum absolute atomic E-state index is 0.0776. The maximum absolute atomic E-state index is 12.0. The molecule has 1 aromatic carbocycles. The molecule has 25 heavy (non-hydrogen) atoms. The van der Waals surface area contributed by atoms with Crippen LogP contribution in [0.15, 0.2) is 30.3 Å². The summed E-state index contributed by atoms with van der Waals surface area (Å²) >= 11 is 0. The van der Waals surface area contributed by atoms with Crippen LogP contribution in [-0.2, 0) is 9.53 Å². The van der Waals surface area contributed by atoms with Crippen LogP contribution >= 0.6 is 0 Å². The van der Waals surface area contributed by atoms with E-state index in [1.807, 2.05) is 0 Å². The lowest BCUT2D eigenvalue weighted by molar-refractivity contribution is -0.143. The first-order chi connectivity index (χ1) is 12.0. The first-order valence-electron chi connectivity index (χ1n) is 7.61. The number of hydrogen-bond donors (Lipinski definition) is 4. The second-order valence-electron chi connectivity index (χ2n) is 5.65. The van der Waals surface area contributed by atoms with Crippen molar-refractivity contribution in [3.05, 3.63) is 41.5 Å². The predicted molar refractivity (Wildman–Crippen MR) is 90.1 cm³/mol. The average Bonchev–Trinajstić information content (AvgIpc) is 3.10. The Kier molecular flexibility index (Phi) is 4.52. The number of carbonyl (C=O) groups excluding carboxylic acids is 1. The van der Waals surface area contributed by atoms with E-state index in [0.29, 0.717) is 23.4 Å². The van der Waals surface area contributed by atoms with Crippen LogP contribution < -0.4 is 16.6 Å². The Bertz CT molecular complexity index is 862. The van der Waals surface area contributed by atoms with E-state index in [2.05, 4.69) is 21.9 Å². The van der Waals surface area contributed by atoms with Crippen LogP contribution in [0.4, 0.5) is 5.82 Å². The third kappa shape index (κ3) is 3.10. The van der Waals surface area contributed by atoms with Gasteiger partial charge in [0.1, 0.15) is 23.7 Å². The maximum Gasteiger partial charge on any atom is 0.324 e. The fourth-order valence-electron chi connectivity index (χ4n) is 2.95. The number of aromatic nitrogens is 1. The molecular formula is C17H17N5O3. The smallest absolute Gasteiger partial charge is 0.324 e. The number of benzene rings is 1. The van der Waals surface area contributed by atoms with Gasteiger partial charge in [0.25, 0.3) is 0 Å². The second-order valence-corrected chi connectivity index (χ2v) is 5.65. The highest BCUT2D eigenvalue weighted by Crippen LogP contribution is 2.32. The fourth-order valence-corrected chi connectivity index (χ4v) is 2.95. The number of pyridine rings is 1. The Labute approximate surface area is 144 Å². The zero-order valence-corrected chi connectivity index (χ0v) is 13.5. The molecule has 8 nitrogen and oxygen atoms in total. The number of phenols is 1. The summed E-state index contributed by atoms with van der Waals surface area (Å²) < 4.78 is 4.82. The summed E-state index contributed by atoms with van der Waals surface area (Å²) in [4.78, 5) is 16.3. The van der Waals surface area contributed by atoms with Gasteiger partial charge < -0.3 is 15.6 Å². The van der Waals surface area contributed by atoms with E-state index in [1.165, 1.54) is 7.11 Å². The van der Waals surface area contributed by atoms with Gasteiger partial charge in [0.2, 0.25) is 0 Å². The van der Waals surface area contributed by atoms with Gasteiger partial charge in [-0.1, -0.05) is 12.1 Å². The monoisotopic (exact) mass is 339 g/mol. The molecule has 0 aliphatic carbocycles. The van der Waals surface area contributed by atoms with Gasteiger partial charge >= 0.3 is 5.97 Å². The number of nitrogens with one attached hydrogen (secondary N) is 2. The lowest BCUT2D eigenvalue weighted by Crippen LogP contribution is -2.39. The summed E-state index contributed by atoms with van der Waals surface area (Å²) in [5.74, 6) is -0.606. The van der Waals surface area contributed by atoms with E-state index in [0.717, 1.165) is 0 Å². The van der Waals surface area contributed by atoms with Crippen molar-refractivity contribution in [2.45, 2.75) is 12.0 Å². The minimum Gasteiger partial charge on any atom is -0.508 e. The Morgan fingerprint density at radius 3 is 2.96 bits per heavy atom. The molecule has 2 heterocycles. The first-order valence-corrected chi connectivity index (χ1v) is 7.61. The third-order valence-corrected chi connectivity index (χ3v) is 4.17. The van der Waals surface area contributed by atoms with Crippen LogP contribution in [0, 0.1) is 11.3 Å². The predicted octanol–water partition coefficient (Wildman–Crippen LogP) is 0.641. The highest BCUT2D eigenvalue weighted by molar-refractivity contribution is 5.78. The highest BCUT2D eigenvalue weighted by Gasteiger charge is 2.37. The zero-order chi connectivity index (χ0) is 18.0. The van der Waals surface area contributed by atoms with Crippen LogP contribution in [0.5, 0.6) is 5.75 Å². The zero-order valence-electron chi connectivity index (χ0n) is 13.5. The van der Waals surface area contributed by atoms with Crippen molar-refractivity contribution < 1.29 is 14.6 Å². The topological polar surface area (TPSA) is 133 Å². The minimum atomic E-state index is -0.643. The van der Waals surface area contributed by atoms with Gasteiger partial charge in [-0.2, -0.15) is 5.26 Å². The highest BCUT2D eigenvalue weighted by atomic mass is 16.5. The van der Waals surface area contributed by atoms with Gasteiger partial charge in [0, 0.05) is 18.0 Å². The SMILES string of the molecule is COC(=O)C1NNCC1c1cc(-c2cccc(O)c2)nc(N)c1C#N. The van der Waals surface area contributed by atoms with E-state index < -0.39 is 12.0 Å². The molecule has 0 radical (unpaired) electrons. The number of anilines is 1. The molecule has 1 fully saturated rings. The molecule has 0 bridgehead atoms. The van der Waals surface area contributed by atoms with Crippen LogP contribution in [0.1, 0.15) is 17.0 Å². The van der Waals surface area contributed by atoms with E-state index in [-0.39, 0.29) is 23.0 Å². The summed E-state index contributed by atoms with van der Waals surface area (Å²) in [5.41, 5.74) is 13.7. The summed E-state index contributed by atoms with van der Waals surface area (Å²) in [5, 5.41) is 19.2. The number of aromatic hydroxyl groups is 1. The molecule has 1 aromatic heterocycles. The van der Waals surface area contributed by atoms with Crippen molar-refractivity contribution in [3.63, 3.8) is 0 Å². The number of carbonyl (C=O) groups is 1. The summed E-state index contributed by atoms with van der Waals surface area (Å²) in [7, 11) is 1.31. The number of methoxy groups -OCH3 is 1. The quantitative estimate of drug-likeness (QED) is 0.599. The van der Waals surface area contributed by atoms with E-state index in [4.69, 9.17) is 10.5 Å². The number of nitriles is 1. The standard InChI is InChI=1S/C17H17N5O3/c1-25-17(24)15-13(8-20-22-15)11-6-14(21-16(19)12(11)7-18)9-3-2-4-10(23)5-9/h2-6,13,15,20,22-23H,8H2,1H3,(H2,19,21). The van der Waals surface area contributed by atoms with Crippen LogP contribution in [0.25, 0.3) is 11.3 Å². The molecule has 3 rings (SSSR count). The number of esters is 1. The molecule has 128 valence electrons. The number of ether oxygens (including phenoxy) is 1. The van der Waals surface area contributed by atoms with Gasteiger partial charge in [-0.15, -0.1) is 0 Å². The van der Waals surface area contributed by atoms with Gasteiger partial charge in [0.05, 0.1) is 18.4 Å². The van der Waals surface area contributed by atoms with Gasteiger partial charge in [-0.25, -0.2) is 10.4 Å². The molecule has 1 saturated heterocycles. The van der Waals surface area contributed by atoms with E-state index >= 15 is 0 Å². The van der Waals surface area contributed by atoms with E-state index in [9.17, 15) is 15.2 Å². The average molecular weight is 339 g/mol. The van der Waals surface area contributed by atoms with Crippen LogP contribution in [0.2, 0.25) is 0 Å². The molecular weight excluding hydrogens is 322 g/mol. The van der Waals surface area contributed by atoms with E-state index in [1.54, 1.807) is 30.3 Å². The summed E-state index contributed by atoms with van der Waals surface area (Å²) in [6.07, 6.45) is 0. The number of nitrogens with two attached hydrogens (primary N) is 1. The van der Waals surface area contributed by atoms with Gasteiger partial charge in [0.15, 0.2) is 0 Å². The summed E-state index contributed by atoms with van der Waals surface area (Å²) in [6.45, 7) is 0.428. The molecule has 2 unspecified atom stereocenters. The number of hydrogen-bond acceptors (Lipinski definition) is 8. The number of nitrogen functional groups attached to an aromatic ring is 1. The first kappa shape index (κ1) is 16.7. The molecule has 1 aliphatic rings. The third-order valence-electron chi connectivity index (χ3n) is 4.17. The Balaban J connectivity index is 2.12. The van der Waals surface area contributed by atoms with Crippen molar-refractivity contribution >= 4 is 11.8 Å². The normalized spacial score (nSPS) is 19.4. The molecule has 0 amide bonds. The fraction of sp³-hybridized carbons (Fsp3) is 0.235. The number of phenolic OH excluding ortho intramolecular Hbond substituents is 1. The molecule has 2 atom stereocenters. The maximum atomic E-state index is 12.0. The van der Waals surface area contributed by atoms with Crippen molar-refractivity contribution in [3.8, 4) is 23.1 Å². The molecule has 1 aliphatic heterocycles. The summed E-state index contributed by atoms with van der Waals surface area (Å²) in [6, 6.07) is 9.72. The van der Waals surface area contributed by atoms with Crippen LogP contribution in [0.3, 0.4) is 0 Å². The molecule has 2 aromatic rings. The molecule has 0 spiro atoms. The Hall–Kier alpha value is -3.15. The largest absolute Gasteiger partial charge is 0.508 e. The molecule has 0 saturated carbocycles. The van der Waals surface area contributed by atoms with Crippen molar-refractivity contribution in [1.29, 1.82) is 5.26 Å². The Morgan fingerprint density at radius 2 is 2.28 bits per heavy atom. The number of nitrogens with zero attached hydrogens (tertiary/aromatic N) is 2. The van der Waals surface area contributed by atoms with Gasteiger partial charge in [-0.05, 0) is 23.8 Å². The second kappa shape index (κ2) is 6.76. The molecule has 5 N–H and O–H groups in total. The number of rotatable bonds is 3. The number of hydrazine groups is 1. The lowest BCUT2D eigenvalue weighted by atomic mass is 9.89. The van der Waals surface area contributed by atoms with Gasteiger partial charge in [-0.3, -0.25) is 10.2 Å². The van der Waals surface area contributed by atoms with Crippen molar-refractivity contribution in [2.24, 2.45) is 0 Å². The lowest BCUT2D eigenvalue weighted by Gasteiger charge is -2.19.